The number of aliphatic hydroxyl groups is 1. The van der Waals surface area contributed by atoms with Crippen LogP contribution in [-0.2, 0) is 13.6 Å². The number of benzene rings is 3. The van der Waals surface area contributed by atoms with Crippen LogP contribution in [0.4, 0.5) is 0 Å². The van der Waals surface area contributed by atoms with Gasteiger partial charge in [-0.3, -0.25) is 0 Å². The average molecular weight is 445 g/mol. The van der Waals surface area contributed by atoms with Crippen LogP contribution in [0.3, 0.4) is 0 Å². The van der Waals surface area contributed by atoms with Crippen molar-refractivity contribution in [3.05, 3.63) is 72.8 Å². The van der Waals surface area contributed by atoms with Gasteiger partial charge in [-0.25, -0.2) is 0 Å². The van der Waals surface area contributed by atoms with Crippen molar-refractivity contribution >= 4 is 33.6 Å². The first kappa shape index (κ1) is 20.6. The Morgan fingerprint density at radius 3 is 2.16 bits per heavy atom. The number of methoxy groups -OCH3 is 1. The van der Waals surface area contributed by atoms with E-state index in [9.17, 15) is 5.11 Å². The molecule has 6 nitrogen and oxygen atoms in total. The minimum absolute atomic E-state index is 0.518. The van der Waals surface area contributed by atoms with Crippen LogP contribution in [0, 0.1) is 0 Å². The van der Waals surface area contributed by atoms with Gasteiger partial charge in [0.05, 0.1) is 19.8 Å². The number of hydrogen-bond donors (Lipinski definition) is 1. The van der Waals surface area contributed by atoms with Crippen LogP contribution in [0.1, 0.15) is 0 Å². The van der Waals surface area contributed by atoms with Crippen molar-refractivity contribution in [3.8, 4) is 17.1 Å². The van der Waals surface area contributed by atoms with Crippen molar-refractivity contribution in [2.75, 3.05) is 12.9 Å². The Hall–Kier alpha value is -3.29. The van der Waals surface area contributed by atoms with Gasteiger partial charge in [0.1, 0.15) is 5.75 Å². The second-order valence-corrected chi connectivity index (χ2v) is 8.69. The van der Waals surface area contributed by atoms with E-state index in [1.807, 2.05) is 48.0 Å². The predicted octanol–water partition coefficient (Wildman–Crippen LogP) is 4.75. The van der Waals surface area contributed by atoms with Gasteiger partial charge in [-0.15, -0.1) is 10.2 Å². The number of para-hydroxylation sites is 2. The molecule has 2 heterocycles. The molecule has 0 aliphatic rings. The SMILES string of the molecule is COc1ccc(-c2nnc(SC[C@H](O)Cn3c4ccccc4c4ccccc43)n2C)cc1. The highest BCUT2D eigenvalue weighted by Gasteiger charge is 2.16. The molecule has 0 saturated heterocycles. The lowest BCUT2D eigenvalue weighted by Gasteiger charge is -2.13. The molecule has 0 bridgehead atoms. The molecule has 2 aromatic heterocycles. The van der Waals surface area contributed by atoms with Gasteiger partial charge >= 0.3 is 0 Å². The molecule has 0 aliphatic heterocycles. The molecule has 5 rings (SSSR count). The number of hydrogen-bond acceptors (Lipinski definition) is 5. The van der Waals surface area contributed by atoms with Gasteiger partial charge in [-0.05, 0) is 36.4 Å². The smallest absolute Gasteiger partial charge is 0.191 e. The Morgan fingerprint density at radius 1 is 0.906 bits per heavy atom. The Bertz CT molecular complexity index is 1320. The van der Waals surface area contributed by atoms with Gasteiger partial charge in [0.25, 0.3) is 0 Å². The first-order valence-electron chi connectivity index (χ1n) is 10.5. The van der Waals surface area contributed by atoms with Gasteiger partial charge in [0.2, 0.25) is 0 Å². The fourth-order valence-corrected chi connectivity index (χ4v) is 4.89. The number of nitrogens with zero attached hydrogens (tertiary/aromatic N) is 4. The summed E-state index contributed by atoms with van der Waals surface area (Å²) in [5.74, 6) is 2.11. The maximum atomic E-state index is 10.9. The summed E-state index contributed by atoms with van der Waals surface area (Å²) >= 11 is 1.51. The first-order valence-corrected chi connectivity index (χ1v) is 11.4. The molecule has 1 N–H and O–H groups in total. The summed E-state index contributed by atoms with van der Waals surface area (Å²) in [7, 11) is 3.60. The molecule has 32 heavy (non-hydrogen) atoms. The van der Waals surface area contributed by atoms with Crippen LogP contribution in [0.5, 0.6) is 5.75 Å². The average Bonchev–Trinajstić information content (AvgIpc) is 3.36. The van der Waals surface area contributed by atoms with Crippen molar-refractivity contribution in [1.29, 1.82) is 0 Å². The molecule has 0 amide bonds. The summed E-state index contributed by atoms with van der Waals surface area (Å²) in [4.78, 5) is 0. The Balaban J connectivity index is 1.33. The second kappa shape index (κ2) is 8.68. The van der Waals surface area contributed by atoms with E-state index in [0.29, 0.717) is 12.3 Å². The van der Waals surface area contributed by atoms with Crippen LogP contribution in [-0.4, -0.2) is 43.4 Å². The van der Waals surface area contributed by atoms with Gasteiger partial charge < -0.3 is 19.0 Å². The predicted molar refractivity (Wildman–Crippen MR) is 129 cm³/mol. The van der Waals surface area contributed by atoms with E-state index < -0.39 is 6.10 Å². The second-order valence-electron chi connectivity index (χ2n) is 7.70. The molecule has 7 heteroatoms. The van der Waals surface area contributed by atoms with E-state index in [0.717, 1.165) is 33.3 Å². The lowest BCUT2D eigenvalue weighted by Crippen LogP contribution is -2.18. The molecule has 0 aliphatic carbocycles. The standard InChI is InChI=1S/C25H24N4O2S/c1-28-24(17-11-13-19(31-2)14-12-17)26-27-25(28)32-16-18(30)15-29-22-9-5-3-7-20(22)21-8-4-6-10-23(21)29/h3-14,18,30H,15-16H2,1-2H3/t18-/m1/s1. The topological polar surface area (TPSA) is 65.1 Å². The van der Waals surface area contributed by atoms with Crippen LogP contribution in [0.15, 0.2) is 78.0 Å². The van der Waals surface area contributed by atoms with Crippen molar-refractivity contribution < 1.29 is 9.84 Å². The Labute approximate surface area is 190 Å². The summed E-state index contributed by atoms with van der Waals surface area (Å²) < 4.78 is 9.39. The van der Waals surface area contributed by atoms with E-state index in [1.165, 1.54) is 22.5 Å². The third-order valence-corrected chi connectivity index (χ3v) is 6.83. The number of thioether (sulfide) groups is 1. The molecule has 1 atom stereocenters. The van der Waals surface area contributed by atoms with Gasteiger partial charge in [0.15, 0.2) is 11.0 Å². The van der Waals surface area contributed by atoms with E-state index in [1.54, 1.807) is 7.11 Å². The number of aromatic nitrogens is 4. The van der Waals surface area contributed by atoms with Gasteiger partial charge in [-0.2, -0.15) is 0 Å². The molecule has 5 aromatic rings. The summed E-state index contributed by atoms with van der Waals surface area (Å²) in [5, 5.41) is 22.7. The lowest BCUT2D eigenvalue weighted by atomic mass is 10.2. The molecule has 0 spiro atoms. The summed E-state index contributed by atoms with van der Waals surface area (Å²) in [6.45, 7) is 0.518. The summed E-state index contributed by atoms with van der Waals surface area (Å²) in [5.41, 5.74) is 3.25. The zero-order valence-electron chi connectivity index (χ0n) is 18.0. The van der Waals surface area contributed by atoms with Crippen molar-refractivity contribution in [2.24, 2.45) is 7.05 Å². The molecule has 0 unspecified atom stereocenters. The lowest BCUT2D eigenvalue weighted by molar-refractivity contribution is 0.181. The third-order valence-electron chi connectivity index (χ3n) is 5.66. The highest BCUT2D eigenvalue weighted by Crippen LogP contribution is 2.30. The van der Waals surface area contributed by atoms with Crippen molar-refractivity contribution in [2.45, 2.75) is 17.8 Å². The van der Waals surface area contributed by atoms with E-state index in [4.69, 9.17) is 4.74 Å². The maximum absolute atomic E-state index is 10.9. The fourth-order valence-electron chi connectivity index (χ4n) is 4.07. The fraction of sp³-hybridized carbons (Fsp3) is 0.200. The molecule has 0 fully saturated rings. The molecule has 3 aromatic carbocycles. The Kier molecular flexibility index (Phi) is 5.59. The summed E-state index contributed by atoms with van der Waals surface area (Å²) in [6.07, 6.45) is -0.527. The Morgan fingerprint density at radius 2 is 1.53 bits per heavy atom. The normalized spacial score (nSPS) is 12.5. The van der Waals surface area contributed by atoms with Crippen molar-refractivity contribution in [3.63, 3.8) is 0 Å². The largest absolute Gasteiger partial charge is 0.497 e. The highest BCUT2D eigenvalue weighted by atomic mass is 32.2. The quantitative estimate of drug-likeness (QED) is 0.367. The van der Waals surface area contributed by atoms with Crippen LogP contribution >= 0.6 is 11.8 Å². The highest BCUT2D eigenvalue weighted by molar-refractivity contribution is 7.99. The number of aliphatic hydroxyl groups excluding tert-OH is 1. The molecule has 0 radical (unpaired) electrons. The zero-order valence-corrected chi connectivity index (χ0v) is 18.8. The van der Waals surface area contributed by atoms with Crippen LogP contribution in [0.25, 0.3) is 33.2 Å². The monoisotopic (exact) mass is 444 g/mol. The summed E-state index contributed by atoms with van der Waals surface area (Å²) in [6, 6.07) is 24.4. The molecular weight excluding hydrogens is 420 g/mol. The van der Waals surface area contributed by atoms with Gasteiger partial charge in [-0.1, -0.05) is 48.2 Å². The van der Waals surface area contributed by atoms with Crippen molar-refractivity contribution in [1.82, 2.24) is 19.3 Å². The first-order chi connectivity index (χ1) is 15.7. The number of rotatable bonds is 7. The zero-order chi connectivity index (χ0) is 22.1. The molecule has 0 saturated carbocycles. The molecular formula is C25H24N4O2S. The number of ether oxygens (including phenoxy) is 1. The van der Waals surface area contributed by atoms with Gasteiger partial charge in [0, 0.05) is 40.2 Å². The van der Waals surface area contributed by atoms with E-state index in [2.05, 4.69) is 51.2 Å². The minimum Gasteiger partial charge on any atom is -0.497 e. The number of fused-ring (bicyclic) bond motifs is 3. The van der Waals surface area contributed by atoms with Crippen LogP contribution in [0.2, 0.25) is 0 Å². The third kappa shape index (κ3) is 3.74. The maximum Gasteiger partial charge on any atom is 0.191 e. The molecule has 162 valence electrons. The van der Waals surface area contributed by atoms with Crippen LogP contribution < -0.4 is 4.74 Å². The van der Waals surface area contributed by atoms with E-state index in [-0.39, 0.29) is 0 Å². The van der Waals surface area contributed by atoms with E-state index >= 15 is 0 Å². The minimum atomic E-state index is -0.527.